The Morgan fingerprint density at radius 2 is 1.85 bits per heavy atom. The lowest BCUT2D eigenvalue weighted by Gasteiger charge is -2.12. The van der Waals surface area contributed by atoms with Gasteiger partial charge in [-0.15, -0.1) is 0 Å². The molecule has 0 fully saturated rings. The normalized spacial score (nSPS) is 11.3. The van der Waals surface area contributed by atoms with E-state index >= 15 is 0 Å². The fraction of sp³-hybridized carbons (Fsp3) is 0.214. The molecule has 1 aromatic heterocycles. The second kappa shape index (κ2) is 6.02. The zero-order valence-electron chi connectivity index (χ0n) is 11.4. The van der Waals surface area contributed by atoms with E-state index in [1.807, 2.05) is 25.1 Å². The maximum absolute atomic E-state index is 12.1. The monoisotopic (exact) mass is 291 g/mol. The Morgan fingerprint density at radius 3 is 2.50 bits per heavy atom. The summed E-state index contributed by atoms with van der Waals surface area (Å²) in [4.78, 5) is 6.33. The van der Waals surface area contributed by atoms with Crippen LogP contribution in [0.4, 0.5) is 5.82 Å². The van der Waals surface area contributed by atoms with E-state index in [1.54, 1.807) is 42.6 Å². The molecule has 2 aromatic rings. The molecular formula is C14H17N3O2S. The summed E-state index contributed by atoms with van der Waals surface area (Å²) in [6.07, 6.45) is 1.67. The third-order valence-corrected chi connectivity index (χ3v) is 4.21. The van der Waals surface area contributed by atoms with Gasteiger partial charge in [-0.05, 0) is 29.8 Å². The molecule has 0 atom stereocenters. The van der Waals surface area contributed by atoms with Crippen LogP contribution in [0.25, 0.3) is 0 Å². The molecule has 20 heavy (non-hydrogen) atoms. The Hall–Kier alpha value is -1.92. The quantitative estimate of drug-likeness (QED) is 0.909. The van der Waals surface area contributed by atoms with E-state index in [0.29, 0.717) is 0 Å². The zero-order chi connectivity index (χ0) is 14.6. The van der Waals surface area contributed by atoms with Crippen molar-refractivity contribution < 1.29 is 8.42 Å². The van der Waals surface area contributed by atoms with E-state index in [-0.39, 0.29) is 11.4 Å². The molecule has 5 nitrogen and oxygen atoms in total. The third kappa shape index (κ3) is 3.55. The molecule has 0 bridgehead atoms. The minimum absolute atomic E-state index is 0.237. The number of hydrogen-bond acceptors (Lipinski definition) is 4. The molecule has 0 unspecified atom stereocenters. The lowest BCUT2D eigenvalue weighted by atomic mass is 10.2. The Bertz CT molecular complexity index is 670. The van der Waals surface area contributed by atoms with Crippen LogP contribution in [0.15, 0.2) is 53.6 Å². The summed E-state index contributed by atoms with van der Waals surface area (Å²) in [5.74, 6) is 0.793. The summed E-state index contributed by atoms with van der Waals surface area (Å²) in [5.41, 5.74) is 0.864. The van der Waals surface area contributed by atoms with Crippen LogP contribution in [0.3, 0.4) is 0 Å². The molecule has 0 aliphatic rings. The van der Waals surface area contributed by atoms with Gasteiger partial charge in [-0.2, -0.15) is 0 Å². The van der Waals surface area contributed by atoms with E-state index in [2.05, 4.69) is 9.71 Å². The Morgan fingerprint density at radius 1 is 1.15 bits per heavy atom. The van der Waals surface area contributed by atoms with Gasteiger partial charge in [0.25, 0.3) is 0 Å². The smallest absolute Gasteiger partial charge is 0.240 e. The summed E-state index contributed by atoms with van der Waals surface area (Å²) in [7, 11) is 0.303. The lowest BCUT2D eigenvalue weighted by Crippen LogP contribution is -2.23. The molecule has 0 saturated carbocycles. The predicted octanol–water partition coefficient (Wildman–Crippen LogP) is 1.63. The average Bonchev–Trinajstić information content (AvgIpc) is 2.46. The molecule has 2 rings (SSSR count). The fourth-order valence-electron chi connectivity index (χ4n) is 1.68. The zero-order valence-corrected chi connectivity index (χ0v) is 12.3. The molecule has 1 N–H and O–H groups in total. The number of nitrogens with zero attached hydrogens (tertiary/aromatic N) is 2. The first-order valence-electron chi connectivity index (χ1n) is 6.16. The van der Waals surface area contributed by atoms with E-state index in [0.717, 1.165) is 11.4 Å². The van der Waals surface area contributed by atoms with Crippen molar-refractivity contribution in [3.63, 3.8) is 0 Å². The van der Waals surface area contributed by atoms with Crippen LogP contribution in [-0.4, -0.2) is 27.5 Å². The Labute approximate surface area is 119 Å². The maximum atomic E-state index is 12.1. The summed E-state index contributed by atoms with van der Waals surface area (Å²) in [5, 5.41) is 0. The first kappa shape index (κ1) is 14.5. The van der Waals surface area contributed by atoms with Gasteiger partial charge >= 0.3 is 0 Å². The van der Waals surface area contributed by atoms with Crippen LogP contribution < -0.4 is 9.62 Å². The van der Waals surface area contributed by atoms with E-state index in [1.165, 1.54) is 0 Å². The van der Waals surface area contributed by atoms with E-state index in [4.69, 9.17) is 0 Å². The summed E-state index contributed by atoms with van der Waals surface area (Å²) < 4.78 is 26.8. The van der Waals surface area contributed by atoms with Gasteiger partial charge in [-0.3, -0.25) is 0 Å². The van der Waals surface area contributed by atoms with Gasteiger partial charge in [0.2, 0.25) is 10.0 Å². The molecule has 0 amide bonds. The predicted molar refractivity (Wildman–Crippen MR) is 79.0 cm³/mol. The second-order valence-electron chi connectivity index (χ2n) is 4.55. The van der Waals surface area contributed by atoms with Crippen LogP contribution in [-0.2, 0) is 16.6 Å². The number of sulfonamides is 1. The first-order valence-corrected chi connectivity index (χ1v) is 7.64. The number of pyridine rings is 1. The molecule has 0 spiro atoms. The number of aromatic nitrogens is 1. The maximum Gasteiger partial charge on any atom is 0.240 e. The minimum Gasteiger partial charge on any atom is -0.363 e. The van der Waals surface area contributed by atoms with Crippen LogP contribution in [0.1, 0.15) is 5.56 Å². The molecular weight excluding hydrogens is 274 g/mol. The molecule has 1 aromatic carbocycles. The van der Waals surface area contributed by atoms with Crippen molar-refractivity contribution in [2.45, 2.75) is 11.4 Å². The van der Waals surface area contributed by atoms with Crippen LogP contribution in [0, 0.1) is 0 Å². The van der Waals surface area contributed by atoms with Gasteiger partial charge in [0, 0.05) is 26.8 Å². The average molecular weight is 291 g/mol. The highest BCUT2D eigenvalue weighted by atomic mass is 32.2. The molecule has 0 aliphatic carbocycles. The number of benzene rings is 1. The third-order valence-electron chi connectivity index (χ3n) is 2.79. The number of nitrogens with one attached hydrogen (secondary N) is 1. The highest BCUT2D eigenvalue weighted by Gasteiger charge is 2.12. The first-order chi connectivity index (χ1) is 9.49. The largest absolute Gasteiger partial charge is 0.363 e. The number of anilines is 1. The van der Waals surface area contributed by atoms with Crippen LogP contribution >= 0.6 is 0 Å². The van der Waals surface area contributed by atoms with Crippen molar-refractivity contribution in [2.75, 3.05) is 19.0 Å². The second-order valence-corrected chi connectivity index (χ2v) is 6.32. The van der Waals surface area contributed by atoms with Crippen LogP contribution in [0.5, 0.6) is 0 Å². The molecule has 0 saturated heterocycles. The highest BCUT2D eigenvalue weighted by molar-refractivity contribution is 7.89. The molecule has 0 radical (unpaired) electrons. The van der Waals surface area contributed by atoms with Crippen LogP contribution in [0.2, 0.25) is 0 Å². The topological polar surface area (TPSA) is 62.3 Å². The lowest BCUT2D eigenvalue weighted by molar-refractivity contribution is 0.581. The molecule has 106 valence electrons. The fourth-order valence-corrected chi connectivity index (χ4v) is 2.72. The standard InChI is InChI=1S/C14H17N3O2S/c1-17(2)14-10-12(8-9-15-14)11-16-20(18,19)13-6-4-3-5-7-13/h3-10,16H,11H2,1-2H3. The summed E-state index contributed by atoms with van der Waals surface area (Å²) >= 11 is 0. The van der Waals surface area contributed by atoms with Crippen molar-refractivity contribution in [2.24, 2.45) is 0 Å². The van der Waals surface area contributed by atoms with E-state index < -0.39 is 10.0 Å². The summed E-state index contributed by atoms with van der Waals surface area (Å²) in [6, 6.07) is 12.0. The minimum atomic E-state index is -3.48. The molecule has 1 heterocycles. The van der Waals surface area contributed by atoms with E-state index in [9.17, 15) is 8.42 Å². The van der Waals surface area contributed by atoms with Gasteiger partial charge in [-0.1, -0.05) is 18.2 Å². The van der Waals surface area contributed by atoms with Gasteiger partial charge in [0.15, 0.2) is 0 Å². The number of hydrogen-bond donors (Lipinski definition) is 1. The van der Waals surface area contributed by atoms with Crippen molar-refractivity contribution in [1.82, 2.24) is 9.71 Å². The highest BCUT2D eigenvalue weighted by Crippen LogP contribution is 2.11. The Kier molecular flexibility index (Phi) is 4.36. The van der Waals surface area contributed by atoms with Gasteiger partial charge in [-0.25, -0.2) is 18.1 Å². The van der Waals surface area contributed by atoms with Gasteiger partial charge < -0.3 is 4.90 Å². The molecule has 6 heteroatoms. The van der Waals surface area contributed by atoms with Crippen molar-refractivity contribution in [3.05, 3.63) is 54.2 Å². The summed E-state index contributed by atoms with van der Waals surface area (Å²) in [6.45, 7) is 0.237. The van der Waals surface area contributed by atoms with Crippen molar-refractivity contribution in [3.8, 4) is 0 Å². The van der Waals surface area contributed by atoms with Gasteiger partial charge in [0.05, 0.1) is 4.90 Å². The van der Waals surface area contributed by atoms with Crippen molar-refractivity contribution >= 4 is 15.8 Å². The SMILES string of the molecule is CN(C)c1cc(CNS(=O)(=O)c2ccccc2)ccn1. The number of rotatable bonds is 5. The molecule has 0 aliphatic heterocycles. The van der Waals surface area contributed by atoms with Crippen molar-refractivity contribution in [1.29, 1.82) is 0 Å². The Balaban J connectivity index is 2.11. The van der Waals surface area contributed by atoms with Gasteiger partial charge in [0.1, 0.15) is 5.82 Å².